The predicted molar refractivity (Wildman–Crippen MR) is 73.2 cm³/mol. The van der Waals surface area contributed by atoms with E-state index in [2.05, 4.69) is 0 Å². The van der Waals surface area contributed by atoms with Gasteiger partial charge in [0.2, 0.25) is 0 Å². The Labute approximate surface area is 113 Å². The second kappa shape index (κ2) is 6.04. The van der Waals surface area contributed by atoms with Crippen molar-refractivity contribution in [1.82, 2.24) is 0 Å². The van der Waals surface area contributed by atoms with Crippen LogP contribution >= 0.6 is 0 Å². The van der Waals surface area contributed by atoms with E-state index in [1.54, 1.807) is 11.0 Å². The molecule has 1 aliphatic heterocycles. The molecular weight excluding hydrogens is 244 g/mol. The summed E-state index contributed by atoms with van der Waals surface area (Å²) in [5.74, 6) is 0.650. The zero-order valence-corrected chi connectivity index (χ0v) is 11.1. The van der Waals surface area contributed by atoms with Crippen LogP contribution in [0.5, 0.6) is 5.75 Å². The van der Waals surface area contributed by atoms with Gasteiger partial charge in [-0.1, -0.05) is 13.0 Å². The molecule has 0 fully saturated rings. The molecule has 0 radical (unpaired) electrons. The molecule has 104 valence electrons. The summed E-state index contributed by atoms with van der Waals surface area (Å²) in [5, 5.41) is 9.98. The van der Waals surface area contributed by atoms with E-state index < -0.39 is 6.10 Å². The molecule has 0 saturated carbocycles. The molecule has 0 bridgehead atoms. The van der Waals surface area contributed by atoms with Crippen LogP contribution in [-0.4, -0.2) is 30.7 Å². The van der Waals surface area contributed by atoms with E-state index >= 15 is 0 Å². The molecule has 3 N–H and O–H groups in total. The standard InChI is InChI=1S/C14H20N2O3/c1-2-7-16-11-8-10(12(17)5-6-15)3-4-13(11)19-9-14(16)18/h3-4,8,12,17H,2,5-7,9,15H2,1H3. The topological polar surface area (TPSA) is 75.8 Å². The van der Waals surface area contributed by atoms with Gasteiger partial charge in [-0.2, -0.15) is 0 Å². The summed E-state index contributed by atoms with van der Waals surface area (Å²) in [7, 11) is 0. The van der Waals surface area contributed by atoms with Crippen molar-refractivity contribution in [2.75, 3.05) is 24.6 Å². The van der Waals surface area contributed by atoms with Crippen LogP contribution in [0.25, 0.3) is 0 Å². The lowest BCUT2D eigenvalue weighted by atomic mass is 10.0. The lowest BCUT2D eigenvalue weighted by Crippen LogP contribution is -2.39. The van der Waals surface area contributed by atoms with Gasteiger partial charge in [0, 0.05) is 6.54 Å². The van der Waals surface area contributed by atoms with Gasteiger partial charge in [0.05, 0.1) is 11.8 Å². The van der Waals surface area contributed by atoms with Crippen LogP contribution in [-0.2, 0) is 4.79 Å². The molecule has 0 aromatic heterocycles. The molecule has 0 spiro atoms. The van der Waals surface area contributed by atoms with Crippen LogP contribution < -0.4 is 15.4 Å². The molecule has 1 heterocycles. The highest BCUT2D eigenvalue weighted by molar-refractivity contribution is 5.97. The number of ether oxygens (including phenoxy) is 1. The van der Waals surface area contributed by atoms with Crippen molar-refractivity contribution < 1.29 is 14.6 Å². The summed E-state index contributed by atoms with van der Waals surface area (Å²) < 4.78 is 5.41. The Bertz CT molecular complexity index is 462. The Morgan fingerprint density at radius 1 is 1.53 bits per heavy atom. The number of carbonyl (C=O) groups excluding carboxylic acids is 1. The Hall–Kier alpha value is -1.59. The first-order valence-electron chi connectivity index (χ1n) is 6.62. The molecule has 19 heavy (non-hydrogen) atoms. The molecule has 1 aromatic carbocycles. The number of hydrogen-bond donors (Lipinski definition) is 2. The number of amides is 1. The fourth-order valence-corrected chi connectivity index (χ4v) is 2.22. The average molecular weight is 264 g/mol. The van der Waals surface area contributed by atoms with Crippen molar-refractivity contribution in [2.24, 2.45) is 5.73 Å². The molecule has 0 saturated heterocycles. The van der Waals surface area contributed by atoms with Crippen molar-refractivity contribution in [3.05, 3.63) is 23.8 Å². The van der Waals surface area contributed by atoms with Crippen LogP contribution in [0.4, 0.5) is 5.69 Å². The van der Waals surface area contributed by atoms with Crippen molar-refractivity contribution >= 4 is 11.6 Å². The van der Waals surface area contributed by atoms with Gasteiger partial charge < -0.3 is 20.5 Å². The quantitative estimate of drug-likeness (QED) is 0.838. The first-order chi connectivity index (χ1) is 9.17. The van der Waals surface area contributed by atoms with E-state index in [4.69, 9.17) is 10.5 Å². The molecule has 5 nitrogen and oxygen atoms in total. The Balaban J connectivity index is 2.32. The van der Waals surface area contributed by atoms with Crippen LogP contribution in [0.2, 0.25) is 0 Å². The smallest absolute Gasteiger partial charge is 0.265 e. The second-order valence-corrected chi connectivity index (χ2v) is 4.65. The number of nitrogens with two attached hydrogens (primary N) is 1. The van der Waals surface area contributed by atoms with Gasteiger partial charge in [-0.05, 0) is 37.1 Å². The lowest BCUT2D eigenvalue weighted by molar-refractivity contribution is -0.121. The van der Waals surface area contributed by atoms with Crippen molar-refractivity contribution in [3.8, 4) is 5.75 Å². The maximum absolute atomic E-state index is 11.9. The van der Waals surface area contributed by atoms with Gasteiger partial charge in [0.1, 0.15) is 5.75 Å². The van der Waals surface area contributed by atoms with E-state index in [1.165, 1.54) is 0 Å². The molecule has 0 aliphatic carbocycles. The van der Waals surface area contributed by atoms with Crippen molar-refractivity contribution in [1.29, 1.82) is 0 Å². The summed E-state index contributed by atoms with van der Waals surface area (Å²) in [5.41, 5.74) is 6.96. The maximum Gasteiger partial charge on any atom is 0.265 e. The van der Waals surface area contributed by atoms with Gasteiger partial charge in [-0.15, -0.1) is 0 Å². The largest absolute Gasteiger partial charge is 0.482 e. The van der Waals surface area contributed by atoms with Crippen LogP contribution in [0.1, 0.15) is 31.4 Å². The highest BCUT2D eigenvalue weighted by Gasteiger charge is 2.25. The highest BCUT2D eigenvalue weighted by Crippen LogP contribution is 2.35. The second-order valence-electron chi connectivity index (χ2n) is 4.65. The van der Waals surface area contributed by atoms with Crippen LogP contribution in [0.3, 0.4) is 0 Å². The number of benzene rings is 1. The monoisotopic (exact) mass is 264 g/mol. The first-order valence-corrected chi connectivity index (χ1v) is 6.62. The molecule has 1 unspecified atom stereocenters. The number of nitrogens with zero attached hydrogens (tertiary/aromatic N) is 1. The van der Waals surface area contributed by atoms with Gasteiger partial charge in [-0.3, -0.25) is 4.79 Å². The van der Waals surface area contributed by atoms with Crippen LogP contribution in [0.15, 0.2) is 18.2 Å². The normalized spacial score (nSPS) is 15.9. The van der Waals surface area contributed by atoms with Crippen molar-refractivity contribution in [2.45, 2.75) is 25.9 Å². The number of aliphatic hydroxyl groups excluding tert-OH is 1. The minimum atomic E-state index is -0.601. The molecule has 5 heteroatoms. The van der Waals surface area contributed by atoms with Gasteiger partial charge in [-0.25, -0.2) is 0 Å². The number of hydrogen-bond acceptors (Lipinski definition) is 4. The fraction of sp³-hybridized carbons (Fsp3) is 0.500. The highest BCUT2D eigenvalue weighted by atomic mass is 16.5. The maximum atomic E-state index is 11.9. The lowest BCUT2D eigenvalue weighted by Gasteiger charge is -2.30. The Morgan fingerprint density at radius 3 is 3.00 bits per heavy atom. The zero-order valence-electron chi connectivity index (χ0n) is 11.1. The molecular formula is C14H20N2O3. The molecule has 1 amide bonds. The van der Waals surface area contributed by atoms with Crippen molar-refractivity contribution in [3.63, 3.8) is 0 Å². The van der Waals surface area contributed by atoms with E-state index in [1.807, 2.05) is 19.1 Å². The average Bonchev–Trinajstić information content (AvgIpc) is 2.42. The summed E-state index contributed by atoms with van der Waals surface area (Å²) in [4.78, 5) is 13.6. The number of fused-ring (bicyclic) bond motifs is 1. The molecule has 1 atom stereocenters. The first kappa shape index (κ1) is 13.8. The third kappa shape index (κ3) is 2.88. The molecule has 1 aliphatic rings. The summed E-state index contributed by atoms with van der Waals surface area (Å²) in [6.07, 6.45) is 0.776. The summed E-state index contributed by atoms with van der Waals surface area (Å²) in [6.45, 7) is 3.19. The van der Waals surface area contributed by atoms with Crippen LogP contribution in [0, 0.1) is 0 Å². The number of rotatable bonds is 5. The predicted octanol–water partition coefficient (Wildman–Crippen LogP) is 1.20. The Kier molecular flexibility index (Phi) is 4.39. The number of carbonyl (C=O) groups is 1. The van der Waals surface area contributed by atoms with Gasteiger partial charge in [0.25, 0.3) is 5.91 Å². The SMILES string of the molecule is CCCN1C(=O)COc2ccc(C(O)CCN)cc21. The number of aliphatic hydroxyl groups is 1. The van der Waals surface area contributed by atoms with E-state index in [-0.39, 0.29) is 12.5 Å². The summed E-state index contributed by atoms with van der Waals surface area (Å²) in [6, 6.07) is 5.45. The third-order valence-electron chi connectivity index (χ3n) is 3.20. The zero-order chi connectivity index (χ0) is 13.8. The number of anilines is 1. The molecule has 1 aromatic rings. The van der Waals surface area contributed by atoms with Gasteiger partial charge in [0.15, 0.2) is 6.61 Å². The fourth-order valence-electron chi connectivity index (χ4n) is 2.22. The minimum Gasteiger partial charge on any atom is -0.482 e. The van der Waals surface area contributed by atoms with E-state index in [0.717, 1.165) is 17.7 Å². The Morgan fingerprint density at radius 2 is 2.32 bits per heavy atom. The molecule has 2 rings (SSSR count). The minimum absolute atomic E-state index is 0.0418. The summed E-state index contributed by atoms with van der Waals surface area (Å²) >= 11 is 0. The van der Waals surface area contributed by atoms with E-state index in [0.29, 0.717) is 25.3 Å². The third-order valence-corrected chi connectivity index (χ3v) is 3.20. The van der Waals surface area contributed by atoms with Gasteiger partial charge >= 0.3 is 0 Å². The van der Waals surface area contributed by atoms with E-state index in [9.17, 15) is 9.90 Å².